The van der Waals surface area contributed by atoms with Crippen LogP contribution in [0.4, 0.5) is 11.4 Å². The van der Waals surface area contributed by atoms with E-state index in [-0.39, 0.29) is 5.57 Å². The number of carboxylic acids is 1. The number of ether oxygens (including phenoxy) is 2. The fraction of sp³-hybridized carbons (Fsp3) is 0.200. The summed E-state index contributed by atoms with van der Waals surface area (Å²) in [7, 11) is 0. The van der Waals surface area contributed by atoms with Gasteiger partial charge in [-0.05, 0) is 55.6 Å². The van der Waals surface area contributed by atoms with Crippen LogP contribution in [0.3, 0.4) is 0 Å². The number of nitrogens with zero attached hydrogens (tertiary/aromatic N) is 4. The minimum absolute atomic E-state index is 0.0931. The summed E-state index contributed by atoms with van der Waals surface area (Å²) in [6, 6.07) is 16.3. The normalized spacial score (nSPS) is 11.2. The molecule has 8 nitrogen and oxygen atoms in total. The Bertz CT molecular complexity index is 1460. The molecule has 0 saturated heterocycles. The molecule has 33 heavy (non-hydrogen) atoms. The molecule has 0 spiro atoms. The molecule has 0 aliphatic carbocycles. The number of aliphatic carboxylic acids is 1. The van der Waals surface area contributed by atoms with Gasteiger partial charge < -0.3 is 19.5 Å². The van der Waals surface area contributed by atoms with Gasteiger partial charge in [-0.1, -0.05) is 0 Å². The molecular formula is C25H20N4O4. The molecule has 0 saturated carbocycles. The standard InChI is InChI=1S/C25H20N4O4/c1-3-29(4-2)16-5-8-21-22(9-16)33-23-11-19(15(12-26)13-27)20-10-17(32-14-24(30)31)6-7-18(20)25(23)28-21/h5-11H,3-4,14H2,1-2H3,(H,30,31). The number of hydrogen-bond acceptors (Lipinski definition) is 7. The monoisotopic (exact) mass is 440 g/mol. The zero-order valence-electron chi connectivity index (χ0n) is 18.1. The Hall–Kier alpha value is -4.56. The van der Waals surface area contributed by atoms with Gasteiger partial charge in [-0.25, -0.2) is 9.79 Å². The van der Waals surface area contributed by atoms with Crippen molar-refractivity contribution >= 4 is 33.7 Å². The van der Waals surface area contributed by atoms with Crippen LogP contribution in [-0.2, 0) is 4.79 Å². The molecule has 4 rings (SSSR count). The van der Waals surface area contributed by atoms with E-state index in [1.165, 1.54) is 0 Å². The Labute approximate surface area is 189 Å². The van der Waals surface area contributed by atoms with Crippen LogP contribution in [0.15, 0.2) is 47.5 Å². The Morgan fingerprint density at radius 1 is 1.06 bits per heavy atom. The van der Waals surface area contributed by atoms with Crippen LogP contribution < -0.4 is 24.9 Å². The molecule has 3 aromatic carbocycles. The summed E-state index contributed by atoms with van der Waals surface area (Å²) in [5.74, 6) is 0.228. The highest BCUT2D eigenvalue weighted by Gasteiger charge is 2.18. The molecule has 0 atom stereocenters. The summed E-state index contributed by atoms with van der Waals surface area (Å²) < 4.78 is 11.5. The quantitative estimate of drug-likeness (QED) is 0.488. The summed E-state index contributed by atoms with van der Waals surface area (Å²) in [6.45, 7) is 5.36. The molecule has 0 amide bonds. The lowest BCUT2D eigenvalue weighted by Crippen LogP contribution is -2.22. The second-order valence-electron chi connectivity index (χ2n) is 7.30. The molecular weight excluding hydrogens is 420 g/mol. The maximum Gasteiger partial charge on any atom is 0.341 e. The van der Waals surface area contributed by atoms with Crippen LogP contribution in [0, 0.1) is 22.7 Å². The van der Waals surface area contributed by atoms with Crippen LogP contribution in [0.5, 0.6) is 17.2 Å². The highest BCUT2D eigenvalue weighted by atomic mass is 16.5. The van der Waals surface area contributed by atoms with Crippen molar-refractivity contribution in [3.8, 4) is 29.4 Å². The van der Waals surface area contributed by atoms with Crippen molar-refractivity contribution in [2.24, 2.45) is 4.99 Å². The van der Waals surface area contributed by atoms with Gasteiger partial charge in [0.1, 0.15) is 34.5 Å². The zero-order chi connectivity index (χ0) is 23.5. The Morgan fingerprint density at radius 3 is 2.48 bits per heavy atom. The molecule has 1 N–H and O–H groups in total. The van der Waals surface area contributed by atoms with E-state index in [1.54, 1.807) is 24.3 Å². The summed E-state index contributed by atoms with van der Waals surface area (Å²) in [5.41, 5.74) is 1.59. The largest absolute Gasteiger partial charge is 0.482 e. The maximum atomic E-state index is 10.9. The lowest BCUT2D eigenvalue weighted by molar-refractivity contribution is -0.139. The third kappa shape index (κ3) is 4.02. The van der Waals surface area contributed by atoms with Crippen LogP contribution in [0.25, 0.3) is 16.3 Å². The van der Waals surface area contributed by atoms with Gasteiger partial charge in [0.25, 0.3) is 0 Å². The van der Waals surface area contributed by atoms with Crippen molar-refractivity contribution < 1.29 is 19.4 Å². The van der Waals surface area contributed by atoms with Crippen LogP contribution in [0.1, 0.15) is 13.8 Å². The first-order valence-corrected chi connectivity index (χ1v) is 10.4. The Balaban J connectivity index is 1.96. The topological polar surface area (TPSA) is 119 Å². The second-order valence-corrected chi connectivity index (χ2v) is 7.30. The van der Waals surface area contributed by atoms with E-state index in [4.69, 9.17) is 19.6 Å². The summed E-state index contributed by atoms with van der Waals surface area (Å²) >= 11 is 0. The first-order valence-electron chi connectivity index (χ1n) is 10.4. The Morgan fingerprint density at radius 2 is 1.82 bits per heavy atom. The van der Waals surface area contributed by atoms with Crippen molar-refractivity contribution in [3.05, 3.63) is 53.0 Å². The van der Waals surface area contributed by atoms with Gasteiger partial charge in [-0.2, -0.15) is 10.5 Å². The molecule has 0 fully saturated rings. The van der Waals surface area contributed by atoms with Crippen molar-refractivity contribution in [2.45, 2.75) is 13.8 Å². The van der Waals surface area contributed by atoms with Gasteiger partial charge in [0.05, 0.1) is 0 Å². The first-order chi connectivity index (χ1) is 16.0. The Kier molecular flexibility index (Phi) is 5.84. The predicted octanol–water partition coefficient (Wildman–Crippen LogP) is 3.40. The molecule has 0 radical (unpaired) electrons. The van der Waals surface area contributed by atoms with E-state index in [0.29, 0.717) is 44.3 Å². The number of rotatable bonds is 6. The SMILES string of the molecule is CCN(CC)c1ccc2c(c1)Oc1cc(=C(C#N)C#N)c3cc(OCC(=O)O)ccc3c1=N2. The van der Waals surface area contributed by atoms with Crippen LogP contribution in [0.2, 0.25) is 0 Å². The molecule has 1 heterocycles. The maximum absolute atomic E-state index is 10.9. The fourth-order valence-electron chi connectivity index (χ4n) is 3.84. The highest BCUT2D eigenvalue weighted by molar-refractivity contribution is 5.91. The van der Waals surface area contributed by atoms with E-state index in [0.717, 1.165) is 18.8 Å². The van der Waals surface area contributed by atoms with E-state index in [9.17, 15) is 15.3 Å². The minimum Gasteiger partial charge on any atom is -0.482 e. The van der Waals surface area contributed by atoms with E-state index in [2.05, 4.69) is 18.7 Å². The third-order valence-electron chi connectivity index (χ3n) is 5.42. The lowest BCUT2D eigenvalue weighted by Gasteiger charge is -2.23. The van der Waals surface area contributed by atoms with E-state index >= 15 is 0 Å². The number of benzene rings is 3. The van der Waals surface area contributed by atoms with E-state index in [1.807, 2.05) is 30.3 Å². The second kappa shape index (κ2) is 8.89. The average molecular weight is 440 g/mol. The molecule has 1 aliphatic rings. The van der Waals surface area contributed by atoms with Crippen molar-refractivity contribution in [3.63, 3.8) is 0 Å². The highest BCUT2D eigenvalue weighted by Crippen LogP contribution is 2.37. The first kappa shape index (κ1) is 21.7. The summed E-state index contributed by atoms with van der Waals surface area (Å²) in [4.78, 5) is 17.9. The van der Waals surface area contributed by atoms with Crippen LogP contribution in [-0.4, -0.2) is 30.8 Å². The van der Waals surface area contributed by atoms with Gasteiger partial charge >= 0.3 is 5.97 Å². The molecule has 8 heteroatoms. The number of fused-ring (bicyclic) bond motifs is 4. The third-order valence-corrected chi connectivity index (χ3v) is 5.42. The van der Waals surface area contributed by atoms with Crippen molar-refractivity contribution in [2.75, 3.05) is 24.6 Å². The average Bonchev–Trinajstić information content (AvgIpc) is 2.83. The summed E-state index contributed by atoms with van der Waals surface area (Å²) in [5, 5.41) is 30.1. The van der Waals surface area contributed by atoms with Crippen molar-refractivity contribution in [1.29, 1.82) is 10.5 Å². The number of carboxylic acid groups (broad SMARTS) is 1. The van der Waals surface area contributed by atoms with Gasteiger partial charge in [0.15, 0.2) is 18.1 Å². The van der Waals surface area contributed by atoms with Gasteiger partial charge in [-0.3, -0.25) is 0 Å². The number of hydrogen-bond donors (Lipinski definition) is 1. The van der Waals surface area contributed by atoms with E-state index < -0.39 is 12.6 Å². The molecule has 1 aliphatic heterocycles. The fourth-order valence-corrected chi connectivity index (χ4v) is 3.84. The molecule has 0 bridgehead atoms. The molecule has 0 aromatic heterocycles. The van der Waals surface area contributed by atoms with Crippen molar-refractivity contribution in [1.82, 2.24) is 0 Å². The summed E-state index contributed by atoms with van der Waals surface area (Å²) in [6.07, 6.45) is 0. The smallest absolute Gasteiger partial charge is 0.341 e. The molecule has 164 valence electrons. The zero-order valence-corrected chi connectivity index (χ0v) is 18.1. The van der Waals surface area contributed by atoms with Gasteiger partial charge in [-0.15, -0.1) is 0 Å². The minimum atomic E-state index is -1.11. The lowest BCUT2D eigenvalue weighted by atomic mass is 10.0. The van der Waals surface area contributed by atoms with Gasteiger partial charge in [0.2, 0.25) is 0 Å². The predicted molar refractivity (Wildman–Crippen MR) is 122 cm³/mol. The number of carbonyl (C=O) groups is 1. The van der Waals surface area contributed by atoms with Gasteiger partial charge in [0, 0.05) is 35.4 Å². The number of nitriles is 2. The molecule has 0 unspecified atom stereocenters. The number of anilines is 1. The van der Waals surface area contributed by atoms with Crippen LogP contribution >= 0.6 is 0 Å². The molecule has 3 aromatic rings.